The molecule has 2 heteroatoms. The molecule has 1 aliphatic carbocycles. The van der Waals surface area contributed by atoms with E-state index in [1.807, 2.05) is 0 Å². The summed E-state index contributed by atoms with van der Waals surface area (Å²) in [4.78, 5) is 0. The first-order valence-electron chi connectivity index (χ1n) is 6.75. The molecule has 3 atom stereocenters. The van der Waals surface area contributed by atoms with Gasteiger partial charge in [-0.3, -0.25) is 0 Å². The first kappa shape index (κ1) is 15.2. The normalized spacial score (nSPS) is 27.8. The van der Waals surface area contributed by atoms with Gasteiger partial charge in [0.1, 0.15) is 0 Å². The summed E-state index contributed by atoms with van der Waals surface area (Å²) in [5.74, 6) is 0.710. The van der Waals surface area contributed by atoms with Crippen LogP contribution in [0.25, 0.3) is 0 Å². The third-order valence-corrected chi connectivity index (χ3v) is 3.40. The van der Waals surface area contributed by atoms with Crippen LogP contribution in [-0.4, -0.2) is 19.4 Å². The number of hydrogen-bond donors (Lipinski definition) is 0. The van der Waals surface area contributed by atoms with E-state index < -0.39 is 6.17 Å². The number of ether oxygens (including phenoxy) is 1. The van der Waals surface area contributed by atoms with Crippen molar-refractivity contribution in [3.05, 3.63) is 30.0 Å². The molecule has 102 valence electrons. The Morgan fingerprint density at radius 1 is 1.39 bits per heavy atom. The number of rotatable bonds is 5. The SMILES string of the molecule is CC1C=C=CC(COCC[C@@H](C)F)C(C)(C)C=C1. The average molecular weight is 252 g/mol. The Morgan fingerprint density at radius 3 is 2.78 bits per heavy atom. The summed E-state index contributed by atoms with van der Waals surface area (Å²) in [5.41, 5.74) is 3.29. The van der Waals surface area contributed by atoms with Crippen LogP contribution >= 0.6 is 0 Å². The minimum atomic E-state index is -0.786. The predicted molar refractivity (Wildman–Crippen MR) is 74.2 cm³/mol. The van der Waals surface area contributed by atoms with E-state index in [4.69, 9.17) is 4.74 Å². The third kappa shape index (κ3) is 5.20. The van der Waals surface area contributed by atoms with E-state index in [9.17, 15) is 4.39 Å². The van der Waals surface area contributed by atoms with Crippen molar-refractivity contribution < 1.29 is 9.13 Å². The molecule has 0 aromatic heterocycles. The van der Waals surface area contributed by atoms with Gasteiger partial charge in [-0.05, 0) is 30.4 Å². The molecule has 18 heavy (non-hydrogen) atoms. The second kappa shape index (κ2) is 6.92. The van der Waals surface area contributed by atoms with Gasteiger partial charge < -0.3 is 4.74 Å². The molecule has 0 N–H and O–H groups in total. The monoisotopic (exact) mass is 252 g/mol. The van der Waals surface area contributed by atoms with Crippen molar-refractivity contribution in [3.63, 3.8) is 0 Å². The van der Waals surface area contributed by atoms with Crippen LogP contribution < -0.4 is 0 Å². The lowest BCUT2D eigenvalue weighted by atomic mass is 9.77. The minimum absolute atomic E-state index is 0.0524. The van der Waals surface area contributed by atoms with Crippen molar-refractivity contribution in [1.82, 2.24) is 0 Å². The first-order chi connectivity index (χ1) is 8.42. The Labute approximate surface area is 110 Å². The van der Waals surface area contributed by atoms with Gasteiger partial charge in [-0.1, -0.05) is 32.9 Å². The third-order valence-electron chi connectivity index (χ3n) is 3.40. The molecule has 1 nitrogen and oxygen atoms in total. The Balaban J connectivity index is 2.56. The number of halogens is 1. The summed E-state index contributed by atoms with van der Waals surface area (Å²) in [6.07, 6.45) is 8.28. The van der Waals surface area contributed by atoms with Crippen molar-refractivity contribution in [2.75, 3.05) is 13.2 Å². The van der Waals surface area contributed by atoms with Crippen LogP contribution in [0.2, 0.25) is 0 Å². The smallest absolute Gasteiger partial charge is 0.0995 e. The highest BCUT2D eigenvalue weighted by molar-refractivity contribution is 5.11. The first-order valence-corrected chi connectivity index (χ1v) is 6.75. The predicted octanol–water partition coefficient (Wildman–Crippen LogP) is 4.31. The fraction of sp³-hybridized carbons (Fsp3) is 0.688. The van der Waals surface area contributed by atoms with E-state index in [0.717, 1.165) is 0 Å². The Hall–Kier alpha value is -0.850. The Morgan fingerprint density at radius 2 is 2.11 bits per heavy atom. The van der Waals surface area contributed by atoms with Crippen LogP contribution in [0, 0.1) is 17.3 Å². The molecule has 0 heterocycles. The maximum atomic E-state index is 12.7. The molecule has 2 unspecified atom stereocenters. The second-order valence-corrected chi connectivity index (χ2v) is 5.79. The van der Waals surface area contributed by atoms with Crippen LogP contribution in [-0.2, 0) is 4.74 Å². The molecule has 0 aliphatic heterocycles. The Kier molecular flexibility index (Phi) is 5.84. The van der Waals surface area contributed by atoms with Crippen molar-refractivity contribution in [2.24, 2.45) is 17.3 Å². The minimum Gasteiger partial charge on any atom is -0.381 e. The molecular formula is C16H25FO. The zero-order chi connectivity index (χ0) is 13.6. The van der Waals surface area contributed by atoms with Gasteiger partial charge in [-0.15, -0.1) is 5.73 Å². The highest BCUT2D eigenvalue weighted by Crippen LogP contribution is 2.31. The van der Waals surface area contributed by atoms with E-state index >= 15 is 0 Å². The molecule has 0 aromatic carbocycles. The molecule has 1 rings (SSSR count). The molecule has 0 saturated carbocycles. The molecule has 0 spiro atoms. The van der Waals surface area contributed by atoms with Crippen molar-refractivity contribution >= 4 is 0 Å². The topological polar surface area (TPSA) is 9.23 Å². The average Bonchev–Trinajstić information content (AvgIpc) is 2.27. The van der Waals surface area contributed by atoms with Crippen LogP contribution in [0.4, 0.5) is 4.39 Å². The number of alkyl halides is 1. The molecule has 0 fully saturated rings. The van der Waals surface area contributed by atoms with E-state index in [0.29, 0.717) is 25.6 Å². The largest absolute Gasteiger partial charge is 0.381 e. The number of allylic oxidation sites excluding steroid dienone is 2. The number of hydrogen-bond acceptors (Lipinski definition) is 1. The maximum absolute atomic E-state index is 12.7. The van der Waals surface area contributed by atoms with Crippen LogP contribution in [0.3, 0.4) is 0 Å². The second-order valence-electron chi connectivity index (χ2n) is 5.79. The molecule has 0 radical (unpaired) electrons. The van der Waals surface area contributed by atoms with Crippen LogP contribution in [0.5, 0.6) is 0 Å². The highest BCUT2D eigenvalue weighted by atomic mass is 19.1. The zero-order valence-electron chi connectivity index (χ0n) is 11.9. The van der Waals surface area contributed by atoms with Gasteiger partial charge in [0.05, 0.1) is 12.8 Å². The summed E-state index contributed by atoms with van der Waals surface area (Å²) < 4.78 is 18.2. The van der Waals surface area contributed by atoms with E-state index in [1.54, 1.807) is 6.92 Å². The van der Waals surface area contributed by atoms with E-state index in [-0.39, 0.29) is 11.3 Å². The lowest BCUT2D eigenvalue weighted by Crippen LogP contribution is -2.25. The quantitative estimate of drug-likeness (QED) is 0.402. The van der Waals surface area contributed by atoms with Gasteiger partial charge in [0.25, 0.3) is 0 Å². The fourth-order valence-electron chi connectivity index (χ4n) is 1.84. The summed E-state index contributed by atoms with van der Waals surface area (Å²) in [5, 5.41) is 0. The van der Waals surface area contributed by atoms with Gasteiger partial charge in [0.15, 0.2) is 0 Å². The summed E-state index contributed by atoms with van der Waals surface area (Å²) in [6.45, 7) is 9.22. The standard InChI is InChI=1S/C16H25FO/c1-13-6-5-7-15(16(3,4)10-8-13)12-18-11-9-14(2)17/h6-8,10,13-15H,9,11-12H2,1-4H3/t5?,13?,14-,15?/m1/s1. The molecule has 1 aliphatic rings. The van der Waals surface area contributed by atoms with Gasteiger partial charge in [0, 0.05) is 18.9 Å². The van der Waals surface area contributed by atoms with Gasteiger partial charge in [-0.2, -0.15) is 0 Å². The zero-order valence-corrected chi connectivity index (χ0v) is 11.9. The van der Waals surface area contributed by atoms with Crippen LogP contribution in [0.15, 0.2) is 30.0 Å². The van der Waals surface area contributed by atoms with Gasteiger partial charge in [0.2, 0.25) is 0 Å². The van der Waals surface area contributed by atoms with E-state index in [2.05, 4.69) is 50.8 Å². The summed E-state index contributed by atoms with van der Waals surface area (Å²) in [7, 11) is 0. The van der Waals surface area contributed by atoms with Gasteiger partial charge >= 0.3 is 0 Å². The molecule has 0 aromatic rings. The lowest BCUT2D eigenvalue weighted by Gasteiger charge is -2.29. The molecular weight excluding hydrogens is 227 g/mol. The Bertz CT molecular complexity index is 335. The lowest BCUT2D eigenvalue weighted by molar-refractivity contribution is 0.0723. The van der Waals surface area contributed by atoms with Crippen molar-refractivity contribution in [3.8, 4) is 0 Å². The summed E-state index contributed by atoms with van der Waals surface area (Å²) >= 11 is 0. The van der Waals surface area contributed by atoms with Crippen LogP contribution in [0.1, 0.15) is 34.1 Å². The summed E-state index contributed by atoms with van der Waals surface area (Å²) in [6, 6.07) is 0. The van der Waals surface area contributed by atoms with Crippen molar-refractivity contribution in [2.45, 2.75) is 40.3 Å². The molecule has 0 saturated heterocycles. The van der Waals surface area contributed by atoms with E-state index in [1.165, 1.54) is 0 Å². The van der Waals surface area contributed by atoms with Gasteiger partial charge in [-0.25, -0.2) is 4.39 Å². The molecule has 0 amide bonds. The fourth-order valence-corrected chi connectivity index (χ4v) is 1.84. The van der Waals surface area contributed by atoms with Crippen molar-refractivity contribution in [1.29, 1.82) is 0 Å². The molecule has 0 bridgehead atoms. The highest BCUT2D eigenvalue weighted by Gasteiger charge is 2.25. The maximum Gasteiger partial charge on any atom is 0.0995 e.